The summed E-state index contributed by atoms with van der Waals surface area (Å²) in [6.07, 6.45) is 4.32. The Labute approximate surface area is 118 Å². The topological polar surface area (TPSA) is 49.7 Å². The number of thiophene rings is 1. The van der Waals surface area contributed by atoms with E-state index in [9.17, 15) is 4.79 Å². The van der Waals surface area contributed by atoms with Gasteiger partial charge in [0.25, 0.3) is 0 Å². The zero-order chi connectivity index (χ0) is 14.0. The van der Waals surface area contributed by atoms with Crippen LogP contribution in [0.1, 0.15) is 56.1 Å². The summed E-state index contributed by atoms with van der Waals surface area (Å²) in [6.45, 7) is 6.88. The van der Waals surface area contributed by atoms with Crippen LogP contribution in [-0.4, -0.2) is 16.8 Å². The third kappa shape index (κ3) is 3.44. The lowest BCUT2D eigenvalue weighted by atomic mass is 9.72. The minimum absolute atomic E-state index is 0.352. The number of hydrogen-bond acceptors (Lipinski definition) is 3. The van der Waals surface area contributed by atoms with Crippen LogP contribution < -0.4 is 0 Å². The van der Waals surface area contributed by atoms with E-state index in [1.807, 2.05) is 0 Å². The van der Waals surface area contributed by atoms with Crippen molar-refractivity contribution in [2.24, 2.45) is 16.3 Å². The summed E-state index contributed by atoms with van der Waals surface area (Å²) < 4.78 is 0. The average Bonchev–Trinajstić information content (AvgIpc) is 2.77. The molecule has 0 amide bonds. The minimum Gasteiger partial charge on any atom is -0.477 e. The fraction of sp³-hybridized carbons (Fsp3) is 0.600. The Morgan fingerprint density at radius 1 is 1.37 bits per heavy atom. The fourth-order valence-electron chi connectivity index (χ4n) is 2.65. The van der Waals surface area contributed by atoms with Gasteiger partial charge in [-0.3, -0.25) is 4.99 Å². The van der Waals surface area contributed by atoms with E-state index < -0.39 is 5.97 Å². The number of nitrogens with zero attached hydrogens (tertiary/aromatic N) is 1. The molecular formula is C15H21NO2S. The zero-order valence-corrected chi connectivity index (χ0v) is 12.6. The van der Waals surface area contributed by atoms with Crippen LogP contribution in [0.4, 0.5) is 5.69 Å². The zero-order valence-electron chi connectivity index (χ0n) is 11.8. The molecule has 1 N–H and O–H groups in total. The van der Waals surface area contributed by atoms with Gasteiger partial charge >= 0.3 is 5.97 Å². The molecule has 1 heterocycles. The van der Waals surface area contributed by atoms with E-state index in [-0.39, 0.29) is 0 Å². The predicted octanol–water partition coefficient (Wildman–Crippen LogP) is 4.76. The first kappa shape index (κ1) is 14.3. The molecule has 1 fully saturated rings. The smallest absolute Gasteiger partial charge is 0.348 e. The fourth-order valence-corrected chi connectivity index (χ4v) is 3.32. The Kier molecular flexibility index (Phi) is 4.09. The molecule has 0 radical (unpaired) electrons. The summed E-state index contributed by atoms with van der Waals surface area (Å²) in [5.41, 5.74) is 2.14. The SMILES string of the molecule is CC(C)(C)C1CCC(=Nc2ccsc2C(=O)O)CC1. The lowest BCUT2D eigenvalue weighted by molar-refractivity contribution is 0.0703. The average molecular weight is 279 g/mol. The largest absolute Gasteiger partial charge is 0.477 e. The van der Waals surface area contributed by atoms with Gasteiger partial charge in [0.15, 0.2) is 0 Å². The highest BCUT2D eigenvalue weighted by atomic mass is 32.1. The normalized spacial score (nSPS) is 20.4. The van der Waals surface area contributed by atoms with Gasteiger partial charge in [-0.25, -0.2) is 4.79 Å². The number of aliphatic imine (C=N–C) groups is 1. The molecule has 0 unspecified atom stereocenters. The lowest BCUT2D eigenvalue weighted by Gasteiger charge is -2.34. The second-order valence-electron chi connectivity index (χ2n) is 6.26. The number of carboxylic acid groups (broad SMARTS) is 1. The Balaban J connectivity index is 2.07. The molecule has 0 aliphatic heterocycles. The molecule has 1 aliphatic rings. The first-order valence-electron chi connectivity index (χ1n) is 6.75. The van der Waals surface area contributed by atoms with Gasteiger partial charge in [-0.15, -0.1) is 11.3 Å². The van der Waals surface area contributed by atoms with Crippen molar-refractivity contribution in [2.45, 2.75) is 46.5 Å². The number of carbonyl (C=O) groups is 1. The molecule has 0 aromatic carbocycles. The molecule has 3 nitrogen and oxygen atoms in total. The predicted molar refractivity (Wildman–Crippen MR) is 79.8 cm³/mol. The molecule has 0 saturated heterocycles. The van der Waals surface area contributed by atoms with Gasteiger partial charge in [0, 0.05) is 5.71 Å². The number of rotatable bonds is 2. The van der Waals surface area contributed by atoms with Crippen LogP contribution in [0.25, 0.3) is 0 Å². The summed E-state index contributed by atoms with van der Waals surface area (Å²) >= 11 is 1.24. The van der Waals surface area contributed by atoms with E-state index in [1.165, 1.54) is 11.3 Å². The molecule has 1 aromatic rings. The van der Waals surface area contributed by atoms with Crippen molar-refractivity contribution in [1.29, 1.82) is 0 Å². The molecule has 0 bridgehead atoms. The van der Waals surface area contributed by atoms with Crippen LogP contribution in [-0.2, 0) is 0 Å². The standard InChI is InChI=1S/C15H21NO2S/c1-15(2,3)10-4-6-11(7-5-10)16-12-8-9-19-13(12)14(17)18/h8-10H,4-7H2,1-3H3,(H,17,18). The molecule has 104 valence electrons. The van der Waals surface area contributed by atoms with E-state index in [0.29, 0.717) is 16.0 Å². The maximum atomic E-state index is 11.0. The molecule has 1 aliphatic carbocycles. The minimum atomic E-state index is -0.877. The molecule has 0 atom stereocenters. The Morgan fingerprint density at radius 3 is 2.53 bits per heavy atom. The molecule has 4 heteroatoms. The highest BCUT2D eigenvalue weighted by molar-refractivity contribution is 7.12. The lowest BCUT2D eigenvalue weighted by Crippen LogP contribution is -2.25. The summed E-state index contributed by atoms with van der Waals surface area (Å²) in [5, 5.41) is 10.9. The molecule has 2 rings (SSSR count). The van der Waals surface area contributed by atoms with Gasteiger partial charge in [0.2, 0.25) is 0 Å². The van der Waals surface area contributed by atoms with Gasteiger partial charge < -0.3 is 5.11 Å². The van der Waals surface area contributed by atoms with Gasteiger partial charge in [-0.2, -0.15) is 0 Å². The quantitative estimate of drug-likeness (QED) is 0.848. The van der Waals surface area contributed by atoms with E-state index >= 15 is 0 Å². The van der Waals surface area contributed by atoms with Crippen LogP contribution >= 0.6 is 11.3 Å². The molecule has 19 heavy (non-hydrogen) atoms. The van der Waals surface area contributed by atoms with Gasteiger partial charge in [0.05, 0.1) is 5.69 Å². The molecule has 0 spiro atoms. The summed E-state index contributed by atoms with van der Waals surface area (Å²) in [7, 11) is 0. The first-order valence-corrected chi connectivity index (χ1v) is 7.63. The monoisotopic (exact) mass is 279 g/mol. The van der Waals surface area contributed by atoms with Gasteiger partial charge in [-0.05, 0) is 48.5 Å². The van der Waals surface area contributed by atoms with E-state index in [0.717, 1.165) is 37.3 Å². The second kappa shape index (κ2) is 5.45. The van der Waals surface area contributed by atoms with Crippen molar-refractivity contribution in [3.8, 4) is 0 Å². The maximum absolute atomic E-state index is 11.0. The highest BCUT2D eigenvalue weighted by Crippen LogP contribution is 2.37. The summed E-state index contributed by atoms with van der Waals surface area (Å²) in [5.74, 6) is -0.134. The van der Waals surface area contributed by atoms with Crippen molar-refractivity contribution < 1.29 is 9.90 Å². The highest BCUT2D eigenvalue weighted by Gasteiger charge is 2.28. The van der Waals surface area contributed by atoms with E-state index in [2.05, 4.69) is 25.8 Å². The van der Waals surface area contributed by atoms with Crippen molar-refractivity contribution in [3.63, 3.8) is 0 Å². The molecule has 1 aromatic heterocycles. The number of carboxylic acids is 1. The van der Waals surface area contributed by atoms with E-state index in [1.54, 1.807) is 11.4 Å². The maximum Gasteiger partial charge on any atom is 0.348 e. The first-order chi connectivity index (χ1) is 8.88. The summed E-state index contributed by atoms with van der Waals surface area (Å²) in [6, 6.07) is 1.80. The van der Waals surface area contributed by atoms with Crippen LogP contribution in [0.3, 0.4) is 0 Å². The third-order valence-electron chi connectivity index (χ3n) is 3.90. The third-order valence-corrected chi connectivity index (χ3v) is 4.80. The van der Waals surface area contributed by atoms with Gasteiger partial charge in [-0.1, -0.05) is 20.8 Å². The Morgan fingerprint density at radius 2 is 2.00 bits per heavy atom. The van der Waals surface area contributed by atoms with Crippen molar-refractivity contribution in [1.82, 2.24) is 0 Å². The van der Waals surface area contributed by atoms with Gasteiger partial charge in [0.1, 0.15) is 4.88 Å². The van der Waals surface area contributed by atoms with Crippen molar-refractivity contribution >= 4 is 28.7 Å². The number of aromatic carboxylic acids is 1. The Hall–Kier alpha value is -1.16. The van der Waals surface area contributed by atoms with Crippen molar-refractivity contribution in [3.05, 3.63) is 16.3 Å². The van der Waals surface area contributed by atoms with Crippen LogP contribution in [0.2, 0.25) is 0 Å². The molecule has 1 saturated carbocycles. The van der Waals surface area contributed by atoms with E-state index in [4.69, 9.17) is 5.11 Å². The second-order valence-corrected chi connectivity index (χ2v) is 7.17. The van der Waals surface area contributed by atoms with Crippen LogP contribution in [0.15, 0.2) is 16.4 Å². The van der Waals surface area contributed by atoms with Crippen LogP contribution in [0.5, 0.6) is 0 Å². The van der Waals surface area contributed by atoms with Crippen molar-refractivity contribution in [2.75, 3.05) is 0 Å². The summed E-state index contributed by atoms with van der Waals surface area (Å²) in [4.78, 5) is 16.0. The Bertz CT molecular complexity index is 486. The molecular weight excluding hydrogens is 258 g/mol. The van der Waals surface area contributed by atoms with Crippen LogP contribution in [0, 0.1) is 11.3 Å². The number of hydrogen-bond donors (Lipinski definition) is 1.